The zero-order valence-corrected chi connectivity index (χ0v) is 24.6. The van der Waals surface area contributed by atoms with E-state index in [1.165, 1.54) is 19.3 Å². The van der Waals surface area contributed by atoms with Gasteiger partial charge in [-0.05, 0) is 90.8 Å². The normalized spacial score (nSPS) is 56.0. The molecule has 36 heavy (non-hydrogen) atoms. The summed E-state index contributed by atoms with van der Waals surface area (Å²) in [7, 11) is 3.74. The van der Waals surface area contributed by atoms with Crippen LogP contribution in [-0.2, 0) is 9.47 Å². The highest BCUT2D eigenvalue weighted by molar-refractivity contribution is 5.34. The molecular formula is C32H54O4. The predicted octanol–water partition coefficient (Wildman–Crippen LogP) is 6.39. The van der Waals surface area contributed by atoms with Crippen molar-refractivity contribution in [3.63, 3.8) is 0 Å². The summed E-state index contributed by atoms with van der Waals surface area (Å²) in [5.74, 6) is 1.58. The standard InChI is InChI=1S/C32H54O4/c1-27(2)18-21-20-10-11-23-29(4)14-13-24(36-9)30(5,19-35-8)22(29)12-15-32(23,7)31(20,6)17-16-28(21,3)26(34)25(27)33/h10,21-26,33-34H,11-19H2,1-9H3/t21-,22?,23-,24+,25+,26-,28-,29+,30+,31-,32-/m1/s1. The maximum absolute atomic E-state index is 11.4. The summed E-state index contributed by atoms with van der Waals surface area (Å²) >= 11 is 0. The Balaban J connectivity index is 1.57. The van der Waals surface area contributed by atoms with Gasteiger partial charge in [0.25, 0.3) is 0 Å². The predicted molar refractivity (Wildman–Crippen MR) is 144 cm³/mol. The molecule has 0 heterocycles. The third kappa shape index (κ3) is 3.20. The van der Waals surface area contributed by atoms with Crippen molar-refractivity contribution in [2.24, 2.45) is 50.2 Å². The van der Waals surface area contributed by atoms with E-state index in [2.05, 4.69) is 54.5 Å². The van der Waals surface area contributed by atoms with Crippen LogP contribution in [0.15, 0.2) is 11.6 Å². The molecule has 5 aliphatic carbocycles. The molecule has 0 bridgehead atoms. The highest BCUT2D eigenvalue weighted by atomic mass is 16.5. The molecule has 2 N–H and O–H groups in total. The van der Waals surface area contributed by atoms with Crippen molar-refractivity contribution in [1.82, 2.24) is 0 Å². The number of fused-ring (bicyclic) bond motifs is 7. The summed E-state index contributed by atoms with van der Waals surface area (Å²) in [4.78, 5) is 0. The molecule has 206 valence electrons. The maximum atomic E-state index is 11.4. The highest BCUT2D eigenvalue weighted by Crippen LogP contribution is 2.75. The van der Waals surface area contributed by atoms with E-state index in [-0.39, 0.29) is 38.6 Å². The number of hydrogen-bond donors (Lipinski definition) is 2. The van der Waals surface area contributed by atoms with E-state index in [1.54, 1.807) is 5.57 Å². The van der Waals surface area contributed by atoms with Crippen LogP contribution in [-0.4, -0.2) is 49.4 Å². The van der Waals surface area contributed by atoms with Crippen LogP contribution in [0.2, 0.25) is 0 Å². The Morgan fingerprint density at radius 1 is 0.833 bits per heavy atom. The minimum atomic E-state index is -0.658. The fourth-order valence-electron chi connectivity index (χ4n) is 11.4. The Morgan fingerprint density at radius 3 is 2.17 bits per heavy atom. The number of allylic oxidation sites excluding steroid dienone is 2. The zero-order valence-electron chi connectivity index (χ0n) is 24.6. The van der Waals surface area contributed by atoms with Gasteiger partial charge in [-0.25, -0.2) is 0 Å². The van der Waals surface area contributed by atoms with Gasteiger partial charge in [0, 0.05) is 25.0 Å². The average Bonchev–Trinajstić information content (AvgIpc) is 2.80. The number of ether oxygens (including phenoxy) is 2. The van der Waals surface area contributed by atoms with Gasteiger partial charge in [0.1, 0.15) is 0 Å². The lowest BCUT2D eigenvalue weighted by Crippen LogP contribution is -2.67. The second-order valence-corrected chi connectivity index (χ2v) is 15.6. The van der Waals surface area contributed by atoms with Gasteiger partial charge in [-0.15, -0.1) is 0 Å². The molecule has 11 atom stereocenters. The van der Waals surface area contributed by atoms with Crippen LogP contribution >= 0.6 is 0 Å². The van der Waals surface area contributed by atoms with Gasteiger partial charge in [-0.1, -0.05) is 60.1 Å². The summed E-state index contributed by atoms with van der Waals surface area (Å²) in [6.07, 6.45) is 10.6. The topological polar surface area (TPSA) is 58.9 Å². The van der Waals surface area contributed by atoms with Crippen molar-refractivity contribution in [2.45, 2.75) is 118 Å². The summed E-state index contributed by atoms with van der Waals surface area (Å²) < 4.78 is 11.9. The van der Waals surface area contributed by atoms with Crippen LogP contribution < -0.4 is 0 Å². The quantitative estimate of drug-likeness (QED) is 0.439. The van der Waals surface area contributed by atoms with Gasteiger partial charge in [-0.3, -0.25) is 0 Å². The summed E-state index contributed by atoms with van der Waals surface area (Å²) in [6, 6.07) is 0. The molecule has 0 radical (unpaired) electrons. The third-order valence-electron chi connectivity index (χ3n) is 13.8. The Labute approximate surface area is 220 Å². The van der Waals surface area contributed by atoms with Crippen LogP contribution in [0.4, 0.5) is 0 Å². The lowest BCUT2D eigenvalue weighted by molar-refractivity contribution is -0.230. The molecule has 1 unspecified atom stereocenters. The van der Waals surface area contributed by atoms with Gasteiger partial charge < -0.3 is 19.7 Å². The second-order valence-electron chi connectivity index (χ2n) is 15.6. The fourth-order valence-corrected chi connectivity index (χ4v) is 11.4. The first kappa shape index (κ1) is 27.2. The first-order valence-corrected chi connectivity index (χ1v) is 14.7. The lowest BCUT2D eigenvalue weighted by atomic mass is 9.33. The van der Waals surface area contributed by atoms with E-state index in [1.807, 2.05) is 14.2 Å². The molecule has 0 spiro atoms. The van der Waals surface area contributed by atoms with Crippen LogP contribution in [0.25, 0.3) is 0 Å². The largest absolute Gasteiger partial charge is 0.390 e. The number of aliphatic hydroxyl groups excluding tert-OH is 2. The van der Waals surface area contributed by atoms with Crippen LogP contribution in [0, 0.1) is 50.2 Å². The van der Waals surface area contributed by atoms with E-state index in [0.29, 0.717) is 17.8 Å². The monoisotopic (exact) mass is 502 g/mol. The van der Waals surface area contributed by atoms with Gasteiger partial charge in [0.15, 0.2) is 0 Å². The molecule has 0 amide bonds. The Kier molecular flexibility index (Phi) is 6.25. The van der Waals surface area contributed by atoms with E-state index in [4.69, 9.17) is 9.47 Å². The van der Waals surface area contributed by atoms with Crippen molar-refractivity contribution in [3.05, 3.63) is 11.6 Å². The van der Waals surface area contributed by atoms with Crippen LogP contribution in [0.5, 0.6) is 0 Å². The van der Waals surface area contributed by atoms with Gasteiger partial charge in [-0.2, -0.15) is 0 Å². The van der Waals surface area contributed by atoms with Crippen molar-refractivity contribution in [3.8, 4) is 0 Å². The molecule has 0 aromatic rings. The lowest BCUT2D eigenvalue weighted by Gasteiger charge is -2.72. The molecular weight excluding hydrogens is 448 g/mol. The zero-order chi connectivity index (χ0) is 26.5. The number of rotatable bonds is 3. The summed E-state index contributed by atoms with van der Waals surface area (Å²) in [6.45, 7) is 17.6. The minimum absolute atomic E-state index is 0.0432. The van der Waals surface area contributed by atoms with E-state index in [0.717, 1.165) is 38.7 Å². The van der Waals surface area contributed by atoms with Crippen molar-refractivity contribution in [1.29, 1.82) is 0 Å². The summed E-state index contributed by atoms with van der Waals surface area (Å²) in [5.41, 5.74) is 1.79. The smallest absolute Gasteiger partial charge is 0.0863 e. The molecule has 0 aromatic heterocycles. The van der Waals surface area contributed by atoms with Gasteiger partial charge in [0.2, 0.25) is 0 Å². The second kappa shape index (κ2) is 8.29. The Bertz CT molecular complexity index is 912. The number of methoxy groups -OCH3 is 2. The average molecular weight is 503 g/mol. The van der Waals surface area contributed by atoms with Crippen molar-refractivity contribution in [2.75, 3.05) is 20.8 Å². The molecule has 4 fully saturated rings. The molecule has 4 heteroatoms. The molecule has 4 saturated carbocycles. The van der Waals surface area contributed by atoms with E-state index in [9.17, 15) is 10.2 Å². The molecule has 4 nitrogen and oxygen atoms in total. The maximum Gasteiger partial charge on any atom is 0.0863 e. The fraction of sp³-hybridized carbons (Fsp3) is 0.938. The van der Waals surface area contributed by atoms with Gasteiger partial charge >= 0.3 is 0 Å². The van der Waals surface area contributed by atoms with E-state index >= 15 is 0 Å². The van der Waals surface area contributed by atoms with Crippen molar-refractivity contribution < 1.29 is 19.7 Å². The number of hydrogen-bond acceptors (Lipinski definition) is 4. The molecule has 0 saturated heterocycles. The van der Waals surface area contributed by atoms with Crippen LogP contribution in [0.1, 0.15) is 99.8 Å². The van der Waals surface area contributed by atoms with E-state index < -0.39 is 12.2 Å². The Hall–Kier alpha value is -0.420. The first-order valence-electron chi connectivity index (χ1n) is 14.7. The summed E-state index contributed by atoms with van der Waals surface area (Å²) in [5, 5.41) is 22.4. The molecule has 0 aliphatic heterocycles. The van der Waals surface area contributed by atoms with Gasteiger partial charge in [0.05, 0.1) is 24.9 Å². The number of aliphatic hydroxyl groups is 2. The van der Waals surface area contributed by atoms with Crippen molar-refractivity contribution >= 4 is 0 Å². The Morgan fingerprint density at radius 2 is 1.53 bits per heavy atom. The minimum Gasteiger partial charge on any atom is -0.390 e. The first-order chi connectivity index (χ1) is 16.7. The highest BCUT2D eigenvalue weighted by Gasteiger charge is 2.69. The molecule has 0 aromatic carbocycles. The SMILES string of the molecule is COC[C@@]1(C)C2CC[C@]3(C)[C@H](CC=C4[C@H]5CC(C)(C)[C@@H](O)[C@@H](O)[C@]5(C)CC[C@]43C)[C@@]2(C)CC[C@@H]1OC. The van der Waals surface area contributed by atoms with Crippen LogP contribution in [0.3, 0.4) is 0 Å². The molecule has 5 rings (SSSR count). The molecule has 5 aliphatic rings. The third-order valence-corrected chi connectivity index (χ3v) is 13.8.